The summed E-state index contributed by atoms with van der Waals surface area (Å²) in [5, 5.41) is 13.0. The molecule has 3 aromatic carbocycles. The predicted molar refractivity (Wildman–Crippen MR) is 155 cm³/mol. The van der Waals surface area contributed by atoms with E-state index in [9.17, 15) is 14.1 Å². The van der Waals surface area contributed by atoms with E-state index in [0.717, 1.165) is 38.4 Å². The number of amides is 1. The zero-order valence-electron chi connectivity index (χ0n) is 22.2. The molecule has 0 aliphatic carbocycles. The number of carbonyl (C=O) groups is 1. The number of carbonyl (C=O) groups excluding carboxylic acids is 1. The minimum atomic E-state index is -1.03. The van der Waals surface area contributed by atoms with E-state index >= 15 is 0 Å². The van der Waals surface area contributed by atoms with Crippen LogP contribution < -0.4 is 5.32 Å². The molecule has 4 aromatic rings. The van der Waals surface area contributed by atoms with Crippen molar-refractivity contribution >= 4 is 28.3 Å². The molecule has 2 N–H and O–H groups in total. The van der Waals surface area contributed by atoms with Crippen molar-refractivity contribution in [3.05, 3.63) is 88.7 Å². The summed E-state index contributed by atoms with van der Waals surface area (Å²) >= 11 is 6.63. The standard InChI is InChI=1S/C30H32ClN3O3S/c1-6-38(37)23-11-8-10-21(16-23)22-13-14-26(20(3)15-22)34-17-25(29(36)33-30(4,5)18-35)32-28(34)27-19(2)9-7-12-24(27)31/h7-17,35H,6,18H2,1-5H3,(H,33,36). The molecule has 198 valence electrons. The van der Waals surface area contributed by atoms with Crippen LogP contribution in [0.1, 0.15) is 42.4 Å². The summed E-state index contributed by atoms with van der Waals surface area (Å²) in [7, 11) is -1.03. The van der Waals surface area contributed by atoms with Crippen molar-refractivity contribution in [3.63, 3.8) is 0 Å². The molecule has 1 aromatic heterocycles. The normalized spacial score (nSPS) is 12.4. The maximum Gasteiger partial charge on any atom is 0.271 e. The third-order valence-electron chi connectivity index (χ3n) is 6.38. The van der Waals surface area contributed by atoms with Crippen molar-refractivity contribution in [2.75, 3.05) is 12.4 Å². The fraction of sp³-hybridized carbons (Fsp3) is 0.267. The number of aryl methyl sites for hydroxylation is 2. The summed E-state index contributed by atoms with van der Waals surface area (Å²) in [4.78, 5) is 18.6. The van der Waals surface area contributed by atoms with Crippen LogP contribution in [0.2, 0.25) is 5.02 Å². The van der Waals surface area contributed by atoms with E-state index in [1.54, 1.807) is 26.1 Å². The average molecular weight is 550 g/mol. The van der Waals surface area contributed by atoms with E-state index in [1.165, 1.54) is 0 Å². The molecule has 1 unspecified atom stereocenters. The highest BCUT2D eigenvalue weighted by Crippen LogP contribution is 2.34. The molecule has 6 nitrogen and oxygen atoms in total. The second kappa shape index (κ2) is 11.2. The summed E-state index contributed by atoms with van der Waals surface area (Å²) in [5.74, 6) is 0.734. The van der Waals surface area contributed by atoms with E-state index in [-0.39, 0.29) is 18.2 Å². The van der Waals surface area contributed by atoms with Crippen molar-refractivity contribution in [3.8, 4) is 28.2 Å². The fourth-order valence-corrected chi connectivity index (χ4v) is 5.39. The first-order chi connectivity index (χ1) is 18.0. The van der Waals surface area contributed by atoms with Gasteiger partial charge in [-0.1, -0.05) is 48.9 Å². The second-order valence-electron chi connectivity index (χ2n) is 9.91. The van der Waals surface area contributed by atoms with E-state index in [2.05, 4.69) is 11.4 Å². The SMILES string of the molecule is CCS(=O)c1cccc(-c2ccc(-n3cc(C(=O)NC(C)(C)CO)nc3-c3c(C)cccc3Cl)c(C)c2)c1. The Bertz CT molecular complexity index is 1510. The molecule has 1 amide bonds. The molecule has 0 aliphatic heterocycles. The number of nitrogens with zero attached hydrogens (tertiary/aromatic N) is 2. The highest BCUT2D eigenvalue weighted by molar-refractivity contribution is 7.85. The molecule has 0 saturated heterocycles. The first-order valence-corrected chi connectivity index (χ1v) is 14.1. The van der Waals surface area contributed by atoms with Gasteiger partial charge in [0.15, 0.2) is 0 Å². The number of aromatic nitrogens is 2. The Kier molecular flexibility index (Phi) is 8.21. The van der Waals surface area contributed by atoms with Gasteiger partial charge in [0.05, 0.1) is 33.7 Å². The first-order valence-electron chi connectivity index (χ1n) is 12.4. The van der Waals surface area contributed by atoms with E-state index in [1.807, 2.05) is 73.9 Å². The number of rotatable bonds is 8. The van der Waals surface area contributed by atoms with Gasteiger partial charge < -0.3 is 10.4 Å². The summed E-state index contributed by atoms with van der Waals surface area (Å²) in [6, 6.07) is 19.5. The van der Waals surface area contributed by atoms with Crippen LogP contribution in [0.5, 0.6) is 0 Å². The van der Waals surface area contributed by atoms with Gasteiger partial charge in [-0.2, -0.15) is 0 Å². The number of nitrogens with one attached hydrogen (secondary N) is 1. The molecule has 0 radical (unpaired) electrons. The Hall–Kier alpha value is -3.26. The Morgan fingerprint density at radius 2 is 1.76 bits per heavy atom. The smallest absolute Gasteiger partial charge is 0.271 e. The molecule has 4 rings (SSSR count). The lowest BCUT2D eigenvalue weighted by Crippen LogP contribution is -2.46. The molecule has 0 fully saturated rings. The van der Waals surface area contributed by atoms with Crippen LogP contribution in [0.25, 0.3) is 28.2 Å². The molecule has 0 bridgehead atoms. The van der Waals surface area contributed by atoms with Crippen LogP contribution >= 0.6 is 11.6 Å². The number of hydrogen-bond donors (Lipinski definition) is 2. The van der Waals surface area contributed by atoms with Crippen LogP contribution in [0.4, 0.5) is 0 Å². The molecule has 0 aliphatic rings. The van der Waals surface area contributed by atoms with Gasteiger partial charge in [-0.3, -0.25) is 13.6 Å². The van der Waals surface area contributed by atoms with Crippen LogP contribution in [0.3, 0.4) is 0 Å². The molecular weight excluding hydrogens is 518 g/mol. The Labute approximate surface area is 231 Å². The largest absolute Gasteiger partial charge is 0.394 e. The monoisotopic (exact) mass is 549 g/mol. The number of halogens is 1. The van der Waals surface area contributed by atoms with Crippen molar-refractivity contribution in [2.45, 2.75) is 45.1 Å². The van der Waals surface area contributed by atoms with Gasteiger partial charge in [0.1, 0.15) is 11.5 Å². The lowest BCUT2D eigenvalue weighted by atomic mass is 10.0. The lowest BCUT2D eigenvalue weighted by molar-refractivity contribution is 0.0864. The lowest BCUT2D eigenvalue weighted by Gasteiger charge is -2.22. The molecule has 38 heavy (non-hydrogen) atoms. The maximum absolute atomic E-state index is 13.1. The second-order valence-corrected chi connectivity index (χ2v) is 12.1. The minimum Gasteiger partial charge on any atom is -0.394 e. The van der Waals surface area contributed by atoms with Gasteiger partial charge in [0.2, 0.25) is 0 Å². The summed E-state index contributed by atoms with van der Waals surface area (Å²) in [6.07, 6.45) is 1.70. The van der Waals surface area contributed by atoms with E-state index in [0.29, 0.717) is 16.6 Å². The van der Waals surface area contributed by atoms with Crippen LogP contribution in [0.15, 0.2) is 71.8 Å². The molecule has 0 spiro atoms. The zero-order valence-corrected chi connectivity index (χ0v) is 23.8. The quantitative estimate of drug-likeness (QED) is 0.278. The van der Waals surface area contributed by atoms with Gasteiger partial charge in [-0.25, -0.2) is 4.98 Å². The third-order valence-corrected chi connectivity index (χ3v) is 8.00. The minimum absolute atomic E-state index is 0.205. The van der Waals surface area contributed by atoms with Gasteiger partial charge in [0.25, 0.3) is 5.91 Å². The molecule has 1 heterocycles. The number of benzene rings is 3. The number of aliphatic hydroxyl groups excluding tert-OH is 1. The fourth-order valence-electron chi connectivity index (χ4n) is 4.26. The van der Waals surface area contributed by atoms with Crippen LogP contribution in [-0.4, -0.2) is 42.7 Å². The summed E-state index contributed by atoms with van der Waals surface area (Å²) < 4.78 is 14.2. The Morgan fingerprint density at radius 3 is 2.42 bits per heavy atom. The van der Waals surface area contributed by atoms with E-state index < -0.39 is 16.3 Å². The topological polar surface area (TPSA) is 84.2 Å². The Morgan fingerprint density at radius 1 is 1.05 bits per heavy atom. The Balaban J connectivity index is 1.83. The van der Waals surface area contributed by atoms with E-state index in [4.69, 9.17) is 16.6 Å². The number of imidazole rings is 1. The first kappa shape index (κ1) is 27.8. The average Bonchev–Trinajstić information content (AvgIpc) is 3.32. The third kappa shape index (κ3) is 5.75. The molecular formula is C30H32ClN3O3S. The van der Waals surface area contributed by atoms with Crippen molar-refractivity contribution in [1.29, 1.82) is 0 Å². The number of hydrogen-bond acceptors (Lipinski definition) is 4. The summed E-state index contributed by atoms with van der Waals surface area (Å²) in [6.45, 7) is 9.15. The van der Waals surface area contributed by atoms with Crippen LogP contribution in [0, 0.1) is 13.8 Å². The predicted octanol–water partition coefficient (Wildman–Crippen LogP) is 6.10. The summed E-state index contributed by atoms with van der Waals surface area (Å²) in [5.41, 5.74) is 4.90. The molecule has 0 saturated carbocycles. The molecule has 1 atom stereocenters. The van der Waals surface area contributed by atoms with Gasteiger partial charge in [0, 0.05) is 22.4 Å². The number of aliphatic hydroxyl groups is 1. The van der Waals surface area contributed by atoms with Gasteiger partial charge >= 0.3 is 0 Å². The highest BCUT2D eigenvalue weighted by Gasteiger charge is 2.25. The zero-order chi connectivity index (χ0) is 27.6. The highest BCUT2D eigenvalue weighted by atomic mass is 35.5. The van der Waals surface area contributed by atoms with Crippen molar-refractivity contribution in [1.82, 2.24) is 14.9 Å². The van der Waals surface area contributed by atoms with Crippen molar-refractivity contribution in [2.24, 2.45) is 0 Å². The van der Waals surface area contributed by atoms with Gasteiger partial charge in [-0.05, 0) is 80.3 Å². The van der Waals surface area contributed by atoms with Crippen molar-refractivity contribution < 1.29 is 14.1 Å². The van der Waals surface area contributed by atoms with Crippen LogP contribution in [-0.2, 0) is 10.8 Å². The van der Waals surface area contributed by atoms with Gasteiger partial charge in [-0.15, -0.1) is 0 Å². The molecule has 8 heteroatoms. The maximum atomic E-state index is 13.1.